The number of unbranched alkanes of at least 4 members (excludes halogenated alkanes) is 14. The minimum Gasteiger partial charge on any atom is -0.668 e. The number of ketones is 2. The summed E-state index contributed by atoms with van der Waals surface area (Å²) in [5.74, 6) is -0.130. The first kappa shape index (κ1) is 61.4. The summed E-state index contributed by atoms with van der Waals surface area (Å²) in [7, 11) is 3.08. The fraction of sp³-hybridized carbons (Fsp3) is 0.864. The number of hydrogen-bond donors (Lipinski definition) is 4. The van der Waals surface area contributed by atoms with Gasteiger partial charge in [-0.05, 0) is 30.9 Å². The fourth-order valence-electron chi connectivity index (χ4n) is 6.62. The van der Waals surface area contributed by atoms with Crippen LogP contribution in [-0.4, -0.2) is 130 Å². The maximum atomic E-state index is 12.7. The van der Waals surface area contributed by atoms with Crippen molar-refractivity contribution < 1.29 is 104 Å². The van der Waals surface area contributed by atoms with E-state index in [1.165, 1.54) is 62.2 Å². The van der Waals surface area contributed by atoms with E-state index in [0.29, 0.717) is 70.2 Å². The molecule has 1 heterocycles. The summed E-state index contributed by atoms with van der Waals surface area (Å²) in [4.78, 5) is 71.4. The molecule has 0 aliphatic carbocycles. The van der Waals surface area contributed by atoms with Crippen molar-refractivity contribution in [1.82, 2.24) is 16.0 Å². The third kappa shape index (κ3) is 39.7. The number of ether oxygens (including phenoxy) is 4. The van der Waals surface area contributed by atoms with Gasteiger partial charge in [-0.3, -0.25) is 24.0 Å². The summed E-state index contributed by atoms with van der Waals surface area (Å²) in [6.07, 6.45) is 20.1. The number of carboxylic acids is 1. The molecule has 0 aromatic heterocycles. The van der Waals surface area contributed by atoms with E-state index in [1.807, 2.05) is 6.92 Å². The van der Waals surface area contributed by atoms with Gasteiger partial charge in [0.1, 0.15) is 24.8 Å². The van der Waals surface area contributed by atoms with Gasteiger partial charge in [-0.25, -0.2) is 0 Å². The van der Waals surface area contributed by atoms with Crippen molar-refractivity contribution in [3.63, 3.8) is 0 Å². The van der Waals surface area contributed by atoms with Gasteiger partial charge in [0.25, 0.3) is 0 Å². The van der Waals surface area contributed by atoms with Crippen LogP contribution < -0.4 is 67.3 Å². The minimum absolute atomic E-state index is 0. The predicted octanol–water partition coefficient (Wildman–Crippen LogP) is 3.89. The first-order valence-corrected chi connectivity index (χ1v) is 25.4. The summed E-state index contributed by atoms with van der Waals surface area (Å²) in [5, 5.41) is 17.1. The molecule has 62 heavy (non-hydrogen) atoms. The van der Waals surface area contributed by atoms with E-state index in [9.17, 15) is 28.8 Å². The van der Waals surface area contributed by atoms with Gasteiger partial charge < -0.3 is 50.5 Å². The number of rotatable bonds is 41. The van der Waals surface area contributed by atoms with Gasteiger partial charge in [0.05, 0.1) is 39.6 Å². The molecule has 1 aliphatic heterocycles. The van der Waals surface area contributed by atoms with E-state index in [2.05, 4.69) is 16.0 Å². The normalized spacial score (nSPS) is 15.8. The maximum absolute atomic E-state index is 12.7. The summed E-state index contributed by atoms with van der Waals surface area (Å²) >= 11 is 0. The molecule has 3 amide bonds. The van der Waals surface area contributed by atoms with E-state index < -0.39 is 12.0 Å². The monoisotopic (exact) mass is 942 g/mol. The van der Waals surface area contributed by atoms with Crippen LogP contribution in [0.2, 0.25) is 0 Å². The average Bonchev–Trinajstić information content (AvgIpc) is 3.22. The smallest absolute Gasteiger partial charge is 0.668 e. The van der Waals surface area contributed by atoms with Crippen molar-refractivity contribution in [1.29, 1.82) is 0 Å². The van der Waals surface area contributed by atoms with Gasteiger partial charge in [0.2, 0.25) is 17.7 Å². The van der Waals surface area contributed by atoms with Crippen molar-refractivity contribution >= 4 is 56.8 Å². The van der Waals surface area contributed by atoms with E-state index in [-0.39, 0.29) is 132 Å². The Hall–Kier alpha value is -0.644. The van der Waals surface area contributed by atoms with Crippen LogP contribution in [0, 0.1) is 11.8 Å². The van der Waals surface area contributed by atoms with E-state index in [0.717, 1.165) is 57.8 Å². The number of aliphatic carboxylic acids is 1. The van der Waals surface area contributed by atoms with Crippen LogP contribution in [0.5, 0.6) is 0 Å². The molecule has 0 aromatic carbocycles. The zero-order valence-corrected chi connectivity index (χ0v) is 42.9. The molecular formula is C44H79KN4O11S2. The molecular weight excluding hydrogens is 864 g/mol. The van der Waals surface area contributed by atoms with Crippen LogP contribution in [0.3, 0.4) is 0 Å². The Morgan fingerprint density at radius 2 is 1.06 bits per heavy atom. The molecule has 18 heteroatoms. The number of carboxylic acid groups (broad SMARTS) is 1. The molecule has 5 N–H and O–H groups in total. The molecule has 15 nitrogen and oxygen atoms in total. The Balaban J connectivity index is 0.0000372. The summed E-state index contributed by atoms with van der Waals surface area (Å²) in [6.45, 7) is 4.97. The molecule has 0 bridgehead atoms. The maximum Gasteiger partial charge on any atom is 1.00 e. The summed E-state index contributed by atoms with van der Waals surface area (Å²) in [5.41, 5.74) is 7.85. The molecule has 1 aliphatic rings. The van der Waals surface area contributed by atoms with Crippen molar-refractivity contribution in [3.8, 4) is 0 Å². The van der Waals surface area contributed by atoms with Crippen LogP contribution >= 0.6 is 21.6 Å². The average molecular weight is 943 g/mol. The predicted molar refractivity (Wildman–Crippen MR) is 243 cm³/mol. The van der Waals surface area contributed by atoms with E-state index in [4.69, 9.17) is 29.8 Å². The van der Waals surface area contributed by atoms with Crippen LogP contribution in [-0.2, 0) is 47.7 Å². The van der Waals surface area contributed by atoms with Gasteiger partial charge in [-0.15, -0.1) is 0 Å². The number of carbonyl (C=O) groups excluding carboxylic acids is 5. The van der Waals surface area contributed by atoms with Gasteiger partial charge in [-0.2, -0.15) is 0 Å². The minimum atomic E-state index is -0.737. The second kappa shape index (κ2) is 44.2. The molecule has 1 fully saturated rings. The zero-order valence-electron chi connectivity index (χ0n) is 38.1. The molecule has 1 rings (SSSR count). The fourth-order valence-corrected chi connectivity index (χ4v) is 9.08. The third-order valence-corrected chi connectivity index (χ3v) is 12.8. The van der Waals surface area contributed by atoms with Gasteiger partial charge in [0, 0.05) is 57.0 Å². The molecule has 0 saturated carbocycles. The molecule has 0 radical (unpaired) electrons. The van der Waals surface area contributed by atoms with Crippen LogP contribution in [0.1, 0.15) is 142 Å². The first-order valence-electron chi connectivity index (χ1n) is 22.9. The third-order valence-electron chi connectivity index (χ3n) is 10.3. The number of nitrogens with one attached hydrogen (secondary N) is 4. The summed E-state index contributed by atoms with van der Waals surface area (Å²) < 4.78 is 21.6. The Labute approximate surface area is 422 Å². The topological polar surface area (TPSA) is 219 Å². The Morgan fingerprint density at radius 3 is 1.60 bits per heavy atom. The van der Waals surface area contributed by atoms with Crippen LogP contribution in [0.15, 0.2) is 0 Å². The van der Waals surface area contributed by atoms with Crippen molar-refractivity contribution in [2.45, 2.75) is 148 Å². The molecule has 3 atom stereocenters. The number of hydrogen-bond acceptors (Lipinski definition) is 12. The quantitative estimate of drug-likeness (QED) is 0.0389. The molecule has 1 saturated heterocycles. The first-order chi connectivity index (χ1) is 29.6. The number of amides is 3. The van der Waals surface area contributed by atoms with E-state index >= 15 is 0 Å². The van der Waals surface area contributed by atoms with Gasteiger partial charge >= 0.3 is 57.4 Å². The molecule has 0 unspecified atom stereocenters. The second-order valence-electron chi connectivity index (χ2n) is 16.0. The Bertz CT molecular complexity index is 1190. The van der Waals surface area contributed by atoms with E-state index in [1.54, 1.807) is 10.8 Å². The van der Waals surface area contributed by atoms with Crippen LogP contribution in [0.4, 0.5) is 0 Å². The number of Topliss-reactive ketones (excluding diaryl/α,β-unsaturated/α-hetero) is 2. The van der Waals surface area contributed by atoms with Gasteiger partial charge in [0.15, 0.2) is 0 Å². The summed E-state index contributed by atoms with van der Waals surface area (Å²) in [6, 6.07) is -0.737. The molecule has 354 valence electrons. The number of carbonyl (C=O) groups is 6. The Kier molecular flexibility index (Phi) is 43.7. The van der Waals surface area contributed by atoms with Crippen molar-refractivity contribution in [2.75, 3.05) is 84.0 Å². The standard InChI is InChI=1S/C44H79N4O11S2.K/c1-36(30-39(49)37-31-40(50)38(45)35-61-60-34-37)18-16-17-21-46-42(52)32-58-28-27-57-25-23-48-43(53)33-59-29-26-56-24-22-47-41(51)19-14-12-10-8-6-4-2-3-5-7-9-11-13-15-20-44(54)55;/h36-38,45H,2-35H2,1H3,(H,46,52)(H,47,51)(H,48,53)(H,54,55);/q-1;+1/t36-,37+,38+;/m1./s1. The molecule has 0 aromatic rings. The van der Waals surface area contributed by atoms with Gasteiger partial charge in [-0.1, -0.05) is 124 Å². The van der Waals surface area contributed by atoms with Crippen LogP contribution in [0.25, 0.3) is 5.73 Å². The Morgan fingerprint density at radius 1 is 0.613 bits per heavy atom. The second-order valence-corrected chi connectivity index (χ2v) is 18.5. The SMILES string of the molecule is C[C@H](CCCCNC(=O)COCCOCCNC(=O)COCCOCCNC(=O)CCCCCCCCCCCCCCCCC(=O)O)CC(=O)[C@@H]1CSSC[C@H]([NH-])C(=O)C1.[K+]. The van der Waals surface area contributed by atoms with Crippen molar-refractivity contribution in [2.24, 2.45) is 11.8 Å². The van der Waals surface area contributed by atoms with Crippen molar-refractivity contribution in [3.05, 3.63) is 5.73 Å². The zero-order chi connectivity index (χ0) is 44.6. The largest absolute Gasteiger partial charge is 1.00 e. The molecule has 0 spiro atoms.